The van der Waals surface area contributed by atoms with E-state index >= 15 is 0 Å². The number of carbonyl (C=O) groups is 1. The zero-order valence-electron chi connectivity index (χ0n) is 8.34. The summed E-state index contributed by atoms with van der Waals surface area (Å²) in [7, 11) is 0. The summed E-state index contributed by atoms with van der Waals surface area (Å²) in [6, 6.07) is 4.65. The van der Waals surface area contributed by atoms with Gasteiger partial charge in [-0.1, -0.05) is 13.8 Å². The Bertz CT molecular complexity index is 291. The number of rotatable bonds is 2. The molecule has 0 amide bonds. The molecule has 15 heavy (non-hydrogen) atoms. The van der Waals surface area contributed by atoms with Crippen LogP contribution in [0.4, 0.5) is 13.2 Å². The Labute approximate surface area is 85.7 Å². The average molecular weight is 220 g/mol. The van der Waals surface area contributed by atoms with Crippen molar-refractivity contribution in [1.29, 1.82) is 0 Å². The Hall–Kier alpha value is -1.52. The lowest BCUT2D eigenvalue weighted by atomic mass is 10.2. The minimum Gasteiger partial charge on any atom is -0.406 e. The molecule has 0 unspecified atom stereocenters. The molecular weight excluding hydrogens is 209 g/mol. The van der Waals surface area contributed by atoms with Gasteiger partial charge in [0, 0.05) is 5.56 Å². The van der Waals surface area contributed by atoms with Crippen LogP contribution in [0.3, 0.4) is 0 Å². The zero-order valence-corrected chi connectivity index (χ0v) is 8.34. The summed E-state index contributed by atoms with van der Waals surface area (Å²) in [5.41, 5.74) is 0.300. The molecule has 1 aromatic rings. The number of carbonyl (C=O) groups excluding carboxylic acids is 1. The third-order valence-corrected chi connectivity index (χ3v) is 1.25. The van der Waals surface area contributed by atoms with Crippen molar-refractivity contribution in [3.63, 3.8) is 0 Å². The van der Waals surface area contributed by atoms with Crippen molar-refractivity contribution in [2.45, 2.75) is 20.2 Å². The second kappa shape index (κ2) is 6.06. The maximum Gasteiger partial charge on any atom is 0.573 e. The van der Waals surface area contributed by atoms with Gasteiger partial charge in [-0.3, -0.25) is 4.79 Å². The van der Waals surface area contributed by atoms with Crippen molar-refractivity contribution < 1.29 is 22.7 Å². The van der Waals surface area contributed by atoms with E-state index in [2.05, 4.69) is 4.74 Å². The predicted octanol–water partition coefficient (Wildman–Crippen LogP) is 3.42. The van der Waals surface area contributed by atoms with Gasteiger partial charge in [-0.2, -0.15) is 0 Å². The third-order valence-electron chi connectivity index (χ3n) is 1.25. The molecule has 0 saturated heterocycles. The average Bonchev–Trinajstić information content (AvgIpc) is 2.20. The van der Waals surface area contributed by atoms with Crippen LogP contribution in [0, 0.1) is 0 Å². The minimum atomic E-state index is -4.69. The molecule has 0 aliphatic rings. The fourth-order valence-corrected chi connectivity index (χ4v) is 0.748. The van der Waals surface area contributed by atoms with Crippen molar-refractivity contribution in [3.8, 4) is 5.75 Å². The maximum absolute atomic E-state index is 11.6. The topological polar surface area (TPSA) is 26.3 Å². The number of halogens is 3. The van der Waals surface area contributed by atoms with E-state index in [1.807, 2.05) is 13.8 Å². The lowest BCUT2D eigenvalue weighted by Gasteiger charge is -2.07. The van der Waals surface area contributed by atoms with Crippen LogP contribution in [0.15, 0.2) is 24.3 Å². The van der Waals surface area contributed by atoms with Crippen molar-refractivity contribution >= 4 is 6.29 Å². The standard InChI is InChI=1S/C8H5F3O2.C2H6/c9-8(10,11)13-7-3-1-6(5-12)2-4-7;1-2/h1-5H;1-2H3. The summed E-state index contributed by atoms with van der Waals surface area (Å²) >= 11 is 0. The molecule has 2 nitrogen and oxygen atoms in total. The Morgan fingerprint density at radius 2 is 1.60 bits per heavy atom. The Kier molecular flexibility index (Phi) is 5.44. The summed E-state index contributed by atoms with van der Waals surface area (Å²) in [4.78, 5) is 10.1. The third kappa shape index (κ3) is 5.72. The highest BCUT2D eigenvalue weighted by Gasteiger charge is 2.30. The van der Waals surface area contributed by atoms with E-state index in [1.54, 1.807) is 0 Å². The molecule has 0 N–H and O–H groups in total. The highest BCUT2D eigenvalue weighted by atomic mass is 19.4. The van der Waals surface area contributed by atoms with Gasteiger partial charge in [0.25, 0.3) is 0 Å². The van der Waals surface area contributed by atoms with Gasteiger partial charge in [0.15, 0.2) is 0 Å². The number of hydrogen-bond donors (Lipinski definition) is 0. The summed E-state index contributed by atoms with van der Waals surface area (Å²) in [5.74, 6) is -0.335. The van der Waals surface area contributed by atoms with Gasteiger partial charge in [0.1, 0.15) is 12.0 Å². The van der Waals surface area contributed by atoms with Gasteiger partial charge < -0.3 is 4.74 Å². The molecular formula is C10H11F3O2. The lowest BCUT2D eigenvalue weighted by Crippen LogP contribution is -2.16. The minimum absolute atomic E-state index is 0.300. The van der Waals surface area contributed by atoms with E-state index in [-0.39, 0.29) is 5.75 Å². The summed E-state index contributed by atoms with van der Waals surface area (Å²) < 4.78 is 38.5. The van der Waals surface area contributed by atoms with E-state index in [4.69, 9.17) is 0 Å². The van der Waals surface area contributed by atoms with Crippen molar-refractivity contribution in [1.82, 2.24) is 0 Å². The SMILES string of the molecule is CC.O=Cc1ccc(OC(F)(F)F)cc1. The molecule has 5 heteroatoms. The first kappa shape index (κ1) is 13.5. The van der Waals surface area contributed by atoms with Gasteiger partial charge in [-0.25, -0.2) is 0 Å². The van der Waals surface area contributed by atoms with Gasteiger partial charge in [-0.15, -0.1) is 13.2 Å². The molecule has 0 radical (unpaired) electrons. The van der Waals surface area contributed by atoms with E-state index < -0.39 is 6.36 Å². The van der Waals surface area contributed by atoms with Crippen LogP contribution < -0.4 is 4.74 Å². The van der Waals surface area contributed by atoms with Crippen molar-refractivity contribution in [2.24, 2.45) is 0 Å². The van der Waals surface area contributed by atoms with Gasteiger partial charge in [0.2, 0.25) is 0 Å². The Balaban J connectivity index is 0.000000921. The molecule has 0 aliphatic carbocycles. The summed E-state index contributed by atoms with van der Waals surface area (Å²) in [5, 5.41) is 0. The first-order valence-electron chi connectivity index (χ1n) is 4.32. The molecule has 1 rings (SSSR count). The van der Waals surface area contributed by atoms with E-state index in [0.29, 0.717) is 11.8 Å². The molecule has 0 fully saturated rings. The lowest BCUT2D eigenvalue weighted by molar-refractivity contribution is -0.274. The van der Waals surface area contributed by atoms with E-state index in [0.717, 1.165) is 12.1 Å². The molecule has 1 aromatic carbocycles. The van der Waals surface area contributed by atoms with Crippen molar-refractivity contribution in [2.75, 3.05) is 0 Å². The van der Waals surface area contributed by atoms with E-state index in [9.17, 15) is 18.0 Å². The smallest absolute Gasteiger partial charge is 0.406 e. The van der Waals surface area contributed by atoms with Gasteiger partial charge >= 0.3 is 6.36 Å². The molecule has 0 atom stereocenters. The molecule has 0 saturated carbocycles. The Morgan fingerprint density at radius 3 is 1.93 bits per heavy atom. The highest BCUT2D eigenvalue weighted by molar-refractivity contribution is 5.74. The summed E-state index contributed by atoms with van der Waals surface area (Å²) in [6.45, 7) is 4.00. The first-order chi connectivity index (χ1) is 7.01. The summed E-state index contributed by atoms with van der Waals surface area (Å²) in [6.07, 6.45) is -4.15. The maximum atomic E-state index is 11.6. The zero-order chi connectivity index (χ0) is 11.9. The van der Waals surface area contributed by atoms with Crippen molar-refractivity contribution in [3.05, 3.63) is 29.8 Å². The second-order valence-corrected chi connectivity index (χ2v) is 2.23. The molecule has 0 heterocycles. The number of benzene rings is 1. The second-order valence-electron chi connectivity index (χ2n) is 2.23. The monoisotopic (exact) mass is 220 g/mol. The van der Waals surface area contributed by atoms with Crippen LogP contribution in [0.2, 0.25) is 0 Å². The van der Waals surface area contributed by atoms with Crippen LogP contribution in [-0.2, 0) is 0 Å². The fraction of sp³-hybridized carbons (Fsp3) is 0.300. The van der Waals surface area contributed by atoms with Crippen LogP contribution in [0.5, 0.6) is 5.75 Å². The van der Waals surface area contributed by atoms with Crippen LogP contribution in [-0.4, -0.2) is 12.6 Å². The normalized spacial score (nSPS) is 9.93. The first-order valence-corrected chi connectivity index (χ1v) is 4.32. The molecule has 84 valence electrons. The number of alkyl halides is 3. The van der Waals surface area contributed by atoms with Gasteiger partial charge in [0.05, 0.1) is 0 Å². The number of aldehydes is 1. The quantitative estimate of drug-likeness (QED) is 0.714. The Morgan fingerprint density at radius 1 is 1.13 bits per heavy atom. The van der Waals surface area contributed by atoms with Crippen LogP contribution in [0.1, 0.15) is 24.2 Å². The highest BCUT2D eigenvalue weighted by Crippen LogP contribution is 2.22. The molecule has 0 aromatic heterocycles. The number of hydrogen-bond acceptors (Lipinski definition) is 2. The molecule has 0 aliphatic heterocycles. The number of ether oxygens (including phenoxy) is 1. The predicted molar refractivity (Wildman–Crippen MR) is 49.9 cm³/mol. The van der Waals surface area contributed by atoms with Gasteiger partial charge in [-0.05, 0) is 24.3 Å². The van der Waals surface area contributed by atoms with Crippen LogP contribution >= 0.6 is 0 Å². The van der Waals surface area contributed by atoms with E-state index in [1.165, 1.54) is 12.1 Å². The molecule has 0 bridgehead atoms. The fourth-order valence-electron chi connectivity index (χ4n) is 0.748. The van der Waals surface area contributed by atoms with Crippen LogP contribution in [0.25, 0.3) is 0 Å². The molecule has 0 spiro atoms. The largest absolute Gasteiger partial charge is 0.573 e.